The number of nitrogens with zero attached hydrogens (tertiary/aromatic N) is 2. The monoisotopic (exact) mass is 369 g/mol. The Hall–Kier alpha value is -2.80. The van der Waals surface area contributed by atoms with Crippen LogP contribution in [0.1, 0.15) is 16.8 Å². The topological polar surface area (TPSA) is 72.9 Å². The van der Waals surface area contributed by atoms with E-state index in [1.54, 1.807) is 6.20 Å². The lowest BCUT2D eigenvalue weighted by atomic mass is 10.2. The van der Waals surface area contributed by atoms with Crippen molar-refractivity contribution in [2.75, 3.05) is 44.4 Å². The van der Waals surface area contributed by atoms with Gasteiger partial charge in [0.2, 0.25) is 0 Å². The molecule has 1 fully saturated rings. The van der Waals surface area contributed by atoms with Gasteiger partial charge in [0.25, 0.3) is 5.91 Å². The molecule has 4 rings (SSSR count). The molecule has 0 bridgehead atoms. The number of para-hydroxylation sites is 2. The van der Waals surface area contributed by atoms with E-state index in [1.165, 1.54) is 0 Å². The minimum Gasteiger partial charge on any atom is -0.486 e. The average molecular weight is 369 g/mol. The van der Waals surface area contributed by atoms with Crippen LogP contribution in [0.4, 0.5) is 5.82 Å². The highest BCUT2D eigenvalue weighted by Crippen LogP contribution is 2.31. The highest BCUT2D eigenvalue weighted by Gasteiger charge is 2.20. The molecule has 1 aromatic heterocycles. The Bertz CT molecular complexity index is 775. The first-order valence-electron chi connectivity index (χ1n) is 9.25. The van der Waals surface area contributed by atoms with Gasteiger partial charge < -0.3 is 24.4 Å². The summed E-state index contributed by atoms with van der Waals surface area (Å²) in [6.07, 6.45) is 2.23. The Morgan fingerprint density at radius 2 is 1.96 bits per heavy atom. The summed E-state index contributed by atoms with van der Waals surface area (Å²) in [4.78, 5) is 18.9. The number of hydrogen-bond donors (Lipinski definition) is 1. The zero-order valence-corrected chi connectivity index (χ0v) is 15.1. The van der Waals surface area contributed by atoms with Gasteiger partial charge in [-0.15, -0.1) is 0 Å². The van der Waals surface area contributed by atoms with Gasteiger partial charge in [0.15, 0.2) is 11.5 Å². The van der Waals surface area contributed by atoms with E-state index in [4.69, 9.17) is 14.2 Å². The van der Waals surface area contributed by atoms with Gasteiger partial charge in [-0.25, -0.2) is 4.98 Å². The molecule has 142 valence electrons. The lowest BCUT2D eigenvalue weighted by Crippen LogP contribution is -2.37. The van der Waals surface area contributed by atoms with Crippen molar-refractivity contribution in [3.05, 3.63) is 48.2 Å². The second kappa shape index (κ2) is 8.26. The molecule has 1 saturated heterocycles. The Morgan fingerprint density at radius 1 is 1.15 bits per heavy atom. The van der Waals surface area contributed by atoms with E-state index in [2.05, 4.69) is 15.2 Å². The fourth-order valence-electron chi connectivity index (χ4n) is 3.15. The summed E-state index contributed by atoms with van der Waals surface area (Å²) >= 11 is 0. The quantitative estimate of drug-likeness (QED) is 0.868. The smallest absolute Gasteiger partial charge is 0.252 e. The number of amides is 1. The first-order valence-corrected chi connectivity index (χ1v) is 9.25. The van der Waals surface area contributed by atoms with Crippen LogP contribution in [-0.4, -0.2) is 56.5 Å². The van der Waals surface area contributed by atoms with Crippen molar-refractivity contribution in [3.63, 3.8) is 0 Å². The van der Waals surface area contributed by atoms with Crippen LogP contribution in [0.15, 0.2) is 42.6 Å². The van der Waals surface area contributed by atoms with Crippen molar-refractivity contribution in [2.24, 2.45) is 0 Å². The molecule has 0 saturated carbocycles. The molecule has 1 amide bonds. The van der Waals surface area contributed by atoms with Crippen LogP contribution in [0, 0.1) is 0 Å². The molecule has 2 aromatic rings. The molecule has 7 heteroatoms. The second-order valence-corrected chi connectivity index (χ2v) is 6.55. The van der Waals surface area contributed by atoms with Crippen LogP contribution in [0.3, 0.4) is 0 Å². The molecule has 1 N–H and O–H groups in total. The number of nitrogens with one attached hydrogen (secondary N) is 1. The predicted molar refractivity (Wildman–Crippen MR) is 101 cm³/mol. The SMILES string of the molecule is O=C(NCCC1COc2ccccc2O1)c1ccc(N2CCOCC2)nc1. The van der Waals surface area contributed by atoms with E-state index in [1.807, 2.05) is 36.4 Å². The molecule has 1 unspecified atom stereocenters. The van der Waals surface area contributed by atoms with Crippen molar-refractivity contribution in [2.45, 2.75) is 12.5 Å². The summed E-state index contributed by atoms with van der Waals surface area (Å²) in [5.74, 6) is 2.27. The summed E-state index contributed by atoms with van der Waals surface area (Å²) in [5.41, 5.74) is 0.554. The first kappa shape index (κ1) is 17.6. The third-order valence-corrected chi connectivity index (χ3v) is 4.66. The van der Waals surface area contributed by atoms with Crippen molar-refractivity contribution in [1.29, 1.82) is 0 Å². The van der Waals surface area contributed by atoms with E-state index in [0.29, 0.717) is 38.3 Å². The normalized spacial score (nSPS) is 18.8. The number of pyridine rings is 1. The molecule has 1 atom stereocenters. The highest BCUT2D eigenvalue weighted by molar-refractivity contribution is 5.94. The number of aromatic nitrogens is 1. The number of morpholine rings is 1. The van der Waals surface area contributed by atoms with Gasteiger partial charge in [-0.2, -0.15) is 0 Å². The van der Waals surface area contributed by atoms with Crippen LogP contribution < -0.4 is 19.7 Å². The first-order chi connectivity index (χ1) is 13.3. The summed E-state index contributed by atoms with van der Waals surface area (Å²) in [6.45, 7) is 4.07. The van der Waals surface area contributed by atoms with Crippen LogP contribution in [0.2, 0.25) is 0 Å². The van der Waals surface area contributed by atoms with Crippen LogP contribution >= 0.6 is 0 Å². The predicted octanol–water partition coefficient (Wildman–Crippen LogP) is 1.88. The van der Waals surface area contributed by atoms with Gasteiger partial charge in [0.05, 0.1) is 18.8 Å². The maximum Gasteiger partial charge on any atom is 0.252 e. The molecule has 1 aromatic carbocycles. The highest BCUT2D eigenvalue weighted by atomic mass is 16.6. The third kappa shape index (κ3) is 4.31. The number of fused-ring (bicyclic) bond motifs is 1. The third-order valence-electron chi connectivity index (χ3n) is 4.66. The maximum absolute atomic E-state index is 12.3. The molecule has 7 nitrogen and oxygen atoms in total. The largest absolute Gasteiger partial charge is 0.486 e. The fraction of sp³-hybridized carbons (Fsp3) is 0.400. The lowest BCUT2D eigenvalue weighted by molar-refractivity contribution is 0.0812. The molecule has 0 radical (unpaired) electrons. The summed E-state index contributed by atoms with van der Waals surface area (Å²) in [6, 6.07) is 11.3. The fourth-order valence-corrected chi connectivity index (χ4v) is 3.15. The molecular formula is C20H23N3O4. The van der Waals surface area contributed by atoms with Crippen LogP contribution in [0.5, 0.6) is 11.5 Å². The van der Waals surface area contributed by atoms with Crippen molar-refractivity contribution in [3.8, 4) is 11.5 Å². The maximum atomic E-state index is 12.3. The van der Waals surface area contributed by atoms with Gasteiger partial charge in [0, 0.05) is 32.3 Å². The standard InChI is InChI=1S/C20H23N3O4/c24-20(15-5-6-19(22-13-15)23-9-11-25-12-10-23)21-8-7-16-14-26-17-3-1-2-4-18(17)27-16/h1-6,13,16H,7-12,14H2,(H,21,24). The Morgan fingerprint density at radius 3 is 2.74 bits per heavy atom. The Balaban J connectivity index is 1.25. The van der Waals surface area contributed by atoms with E-state index < -0.39 is 0 Å². The minimum atomic E-state index is -0.131. The molecule has 2 aliphatic rings. The van der Waals surface area contributed by atoms with E-state index >= 15 is 0 Å². The van der Waals surface area contributed by atoms with Gasteiger partial charge in [-0.05, 0) is 24.3 Å². The van der Waals surface area contributed by atoms with Crippen LogP contribution in [0.25, 0.3) is 0 Å². The number of rotatable bonds is 5. The lowest BCUT2D eigenvalue weighted by Gasteiger charge is -2.27. The summed E-state index contributed by atoms with van der Waals surface area (Å²) in [5, 5.41) is 2.92. The van der Waals surface area contributed by atoms with E-state index in [0.717, 1.165) is 30.4 Å². The zero-order valence-electron chi connectivity index (χ0n) is 15.1. The van der Waals surface area contributed by atoms with Gasteiger partial charge >= 0.3 is 0 Å². The van der Waals surface area contributed by atoms with E-state index in [9.17, 15) is 4.79 Å². The van der Waals surface area contributed by atoms with E-state index in [-0.39, 0.29) is 12.0 Å². The molecule has 2 aliphatic heterocycles. The molecule has 3 heterocycles. The zero-order chi connectivity index (χ0) is 18.5. The van der Waals surface area contributed by atoms with Gasteiger partial charge in [-0.3, -0.25) is 4.79 Å². The number of anilines is 1. The van der Waals surface area contributed by atoms with Crippen molar-refractivity contribution >= 4 is 11.7 Å². The molecule has 0 aliphatic carbocycles. The molecule has 27 heavy (non-hydrogen) atoms. The Kier molecular flexibility index (Phi) is 5.39. The molecule has 0 spiro atoms. The number of benzene rings is 1. The van der Waals surface area contributed by atoms with Gasteiger partial charge in [-0.1, -0.05) is 12.1 Å². The van der Waals surface area contributed by atoms with Crippen molar-refractivity contribution in [1.82, 2.24) is 10.3 Å². The number of carbonyl (C=O) groups excluding carboxylic acids is 1. The van der Waals surface area contributed by atoms with Crippen LogP contribution in [-0.2, 0) is 4.74 Å². The second-order valence-electron chi connectivity index (χ2n) is 6.55. The minimum absolute atomic E-state index is 0.0676. The molecular weight excluding hydrogens is 346 g/mol. The van der Waals surface area contributed by atoms with Crippen molar-refractivity contribution < 1.29 is 19.0 Å². The summed E-state index contributed by atoms with van der Waals surface area (Å²) < 4.78 is 16.9. The number of carbonyl (C=O) groups is 1. The van der Waals surface area contributed by atoms with Gasteiger partial charge in [0.1, 0.15) is 18.5 Å². The average Bonchev–Trinajstić information content (AvgIpc) is 2.74. The number of hydrogen-bond acceptors (Lipinski definition) is 6. The Labute approximate surface area is 158 Å². The summed E-state index contributed by atoms with van der Waals surface area (Å²) in [7, 11) is 0. The number of ether oxygens (including phenoxy) is 3.